The summed E-state index contributed by atoms with van der Waals surface area (Å²) in [5.74, 6) is -0.180. The number of hydrogen-bond acceptors (Lipinski definition) is 8. The summed E-state index contributed by atoms with van der Waals surface area (Å²) in [6.07, 6.45) is 8.64. The number of pyridine rings is 1. The van der Waals surface area contributed by atoms with Crippen molar-refractivity contribution in [3.8, 4) is 11.4 Å². The van der Waals surface area contributed by atoms with Gasteiger partial charge in [0, 0.05) is 12.4 Å². The summed E-state index contributed by atoms with van der Waals surface area (Å²) in [7, 11) is 0. The molecule has 0 aliphatic rings. The van der Waals surface area contributed by atoms with E-state index in [4.69, 9.17) is 0 Å². The molecule has 0 saturated carbocycles. The highest BCUT2D eigenvalue weighted by molar-refractivity contribution is 5.76. The zero-order valence-corrected chi connectivity index (χ0v) is 14.5. The molecule has 10 nitrogen and oxygen atoms in total. The summed E-state index contributed by atoms with van der Waals surface area (Å²) in [4.78, 5) is 27.3. The molecule has 4 aromatic rings. The summed E-state index contributed by atoms with van der Waals surface area (Å²) >= 11 is 0. The van der Waals surface area contributed by atoms with Crippen molar-refractivity contribution in [1.82, 2.24) is 29.5 Å². The van der Waals surface area contributed by atoms with E-state index in [-0.39, 0.29) is 17.3 Å². The molecule has 0 radical (unpaired) electrons. The third kappa shape index (κ3) is 3.20. The van der Waals surface area contributed by atoms with Crippen molar-refractivity contribution in [1.29, 1.82) is 0 Å². The number of aromatic nitrogens is 6. The molecule has 1 N–H and O–H groups in total. The lowest BCUT2D eigenvalue weighted by atomic mass is 10.2. The zero-order valence-electron chi connectivity index (χ0n) is 14.5. The Kier molecular flexibility index (Phi) is 4.32. The first kappa shape index (κ1) is 17.4. The van der Waals surface area contributed by atoms with Crippen LogP contribution < -0.4 is 5.32 Å². The third-order valence-corrected chi connectivity index (χ3v) is 4.08. The molecule has 0 spiro atoms. The standard InChI is InChI=1S/C17H13FN8O2/c1-10(13-3-2-11(18)6-20-13)23-17-15(26(27)28)9-21-16(24-17)12-7-22-25-5-4-19-8-14(12)25/h2-10H,1H3,(H,21,23,24)/t10-/m1/s1. The Morgan fingerprint density at radius 3 is 2.82 bits per heavy atom. The lowest BCUT2D eigenvalue weighted by Crippen LogP contribution is -2.12. The van der Waals surface area contributed by atoms with Crippen molar-refractivity contribution in [2.24, 2.45) is 0 Å². The van der Waals surface area contributed by atoms with E-state index >= 15 is 0 Å². The number of nitro groups is 1. The zero-order chi connectivity index (χ0) is 19.7. The van der Waals surface area contributed by atoms with Crippen LogP contribution in [0.4, 0.5) is 15.9 Å². The van der Waals surface area contributed by atoms with Gasteiger partial charge in [-0.3, -0.25) is 20.1 Å². The summed E-state index contributed by atoms with van der Waals surface area (Å²) in [5.41, 5.74) is 1.47. The van der Waals surface area contributed by atoms with Crippen LogP contribution in [0.3, 0.4) is 0 Å². The van der Waals surface area contributed by atoms with Gasteiger partial charge in [-0.1, -0.05) is 0 Å². The average Bonchev–Trinajstić information content (AvgIpc) is 3.12. The highest BCUT2D eigenvalue weighted by atomic mass is 19.1. The van der Waals surface area contributed by atoms with E-state index in [1.807, 2.05) is 0 Å². The van der Waals surface area contributed by atoms with Crippen LogP contribution in [0.2, 0.25) is 0 Å². The van der Waals surface area contributed by atoms with Gasteiger partial charge in [0.2, 0.25) is 5.82 Å². The Hall–Kier alpha value is -4.02. The maximum Gasteiger partial charge on any atom is 0.329 e. The molecule has 1 atom stereocenters. The van der Waals surface area contributed by atoms with Crippen molar-refractivity contribution in [2.45, 2.75) is 13.0 Å². The van der Waals surface area contributed by atoms with Gasteiger partial charge in [-0.25, -0.2) is 18.9 Å². The van der Waals surface area contributed by atoms with Crippen molar-refractivity contribution >= 4 is 17.0 Å². The lowest BCUT2D eigenvalue weighted by molar-refractivity contribution is -0.384. The highest BCUT2D eigenvalue weighted by Crippen LogP contribution is 2.29. The summed E-state index contributed by atoms with van der Waals surface area (Å²) < 4.78 is 14.7. The van der Waals surface area contributed by atoms with Gasteiger partial charge in [-0.05, 0) is 19.1 Å². The first-order chi connectivity index (χ1) is 13.5. The van der Waals surface area contributed by atoms with Crippen LogP contribution in [-0.2, 0) is 0 Å². The predicted octanol–water partition coefficient (Wildman–Crippen LogP) is 2.80. The van der Waals surface area contributed by atoms with Crippen LogP contribution in [0.15, 0.2) is 49.3 Å². The predicted molar refractivity (Wildman–Crippen MR) is 96.9 cm³/mol. The van der Waals surface area contributed by atoms with Crippen molar-refractivity contribution < 1.29 is 9.31 Å². The summed E-state index contributed by atoms with van der Waals surface area (Å²) in [6.45, 7) is 1.74. The number of halogens is 1. The quantitative estimate of drug-likeness (QED) is 0.414. The first-order valence-electron chi connectivity index (χ1n) is 8.20. The van der Waals surface area contributed by atoms with Crippen LogP contribution in [0, 0.1) is 15.9 Å². The first-order valence-corrected chi connectivity index (χ1v) is 8.20. The van der Waals surface area contributed by atoms with Gasteiger partial charge in [-0.2, -0.15) is 5.10 Å². The van der Waals surface area contributed by atoms with Crippen LogP contribution in [0.1, 0.15) is 18.7 Å². The molecule has 0 aliphatic carbocycles. The van der Waals surface area contributed by atoms with Crippen molar-refractivity contribution in [3.05, 3.63) is 70.9 Å². The Morgan fingerprint density at radius 1 is 1.21 bits per heavy atom. The Morgan fingerprint density at radius 2 is 2.07 bits per heavy atom. The Bertz CT molecular complexity index is 1160. The number of hydrogen-bond donors (Lipinski definition) is 1. The molecule has 4 rings (SSSR count). The fraction of sp³-hybridized carbons (Fsp3) is 0.118. The van der Waals surface area contributed by atoms with Gasteiger partial charge < -0.3 is 5.32 Å². The molecule has 11 heteroatoms. The molecule has 0 fully saturated rings. The Labute approximate surface area is 157 Å². The van der Waals surface area contributed by atoms with E-state index in [0.29, 0.717) is 16.8 Å². The molecular formula is C17H13FN8O2. The Balaban J connectivity index is 1.74. The molecule has 0 unspecified atom stereocenters. The number of nitrogens with one attached hydrogen (secondary N) is 1. The second-order valence-corrected chi connectivity index (χ2v) is 5.92. The van der Waals surface area contributed by atoms with Crippen molar-refractivity contribution in [3.63, 3.8) is 0 Å². The van der Waals surface area contributed by atoms with Gasteiger partial charge in [0.25, 0.3) is 0 Å². The van der Waals surface area contributed by atoms with Gasteiger partial charge >= 0.3 is 5.69 Å². The lowest BCUT2D eigenvalue weighted by Gasteiger charge is -2.14. The van der Waals surface area contributed by atoms with E-state index in [0.717, 1.165) is 12.4 Å². The minimum atomic E-state index is -0.575. The molecule has 4 heterocycles. The number of anilines is 1. The molecule has 0 saturated heterocycles. The SMILES string of the molecule is C[C@@H](Nc1nc(-c2cnn3ccncc23)ncc1[N+](=O)[O-])c1ccc(F)cn1. The van der Waals surface area contributed by atoms with E-state index < -0.39 is 16.8 Å². The van der Waals surface area contributed by atoms with Crippen LogP contribution in [0.25, 0.3) is 16.9 Å². The maximum absolute atomic E-state index is 13.1. The highest BCUT2D eigenvalue weighted by Gasteiger charge is 2.21. The monoisotopic (exact) mass is 380 g/mol. The summed E-state index contributed by atoms with van der Waals surface area (Å²) in [5, 5.41) is 18.5. The molecule has 140 valence electrons. The van der Waals surface area contributed by atoms with Gasteiger partial charge in [0.05, 0.1) is 46.3 Å². The normalized spacial score (nSPS) is 12.1. The third-order valence-electron chi connectivity index (χ3n) is 4.08. The molecule has 0 bridgehead atoms. The smallest absolute Gasteiger partial charge is 0.329 e. The van der Waals surface area contributed by atoms with E-state index in [1.54, 1.807) is 36.2 Å². The van der Waals surface area contributed by atoms with E-state index in [9.17, 15) is 14.5 Å². The molecule has 0 aliphatic heterocycles. The number of nitrogens with zero attached hydrogens (tertiary/aromatic N) is 7. The maximum atomic E-state index is 13.1. The molecule has 0 amide bonds. The minimum Gasteiger partial charge on any atom is -0.356 e. The van der Waals surface area contributed by atoms with Crippen LogP contribution in [0.5, 0.6) is 0 Å². The fourth-order valence-corrected chi connectivity index (χ4v) is 2.67. The number of rotatable bonds is 5. The van der Waals surface area contributed by atoms with E-state index in [1.165, 1.54) is 12.1 Å². The second kappa shape index (κ2) is 6.95. The molecule has 4 aromatic heterocycles. The fourth-order valence-electron chi connectivity index (χ4n) is 2.67. The number of fused-ring (bicyclic) bond motifs is 1. The van der Waals surface area contributed by atoms with Gasteiger partial charge in [-0.15, -0.1) is 0 Å². The van der Waals surface area contributed by atoms with Crippen molar-refractivity contribution in [2.75, 3.05) is 5.32 Å². The largest absolute Gasteiger partial charge is 0.356 e. The molecule has 0 aromatic carbocycles. The van der Waals surface area contributed by atoms with Crippen LogP contribution in [-0.4, -0.2) is 34.5 Å². The average molecular weight is 380 g/mol. The van der Waals surface area contributed by atoms with E-state index in [2.05, 4.69) is 30.4 Å². The van der Waals surface area contributed by atoms with Crippen LogP contribution >= 0.6 is 0 Å². The summed E-state index contributed by atoms with van der Waals surface area (Å²) in [6, 6.07) is 2.32. The van der Waals surface area contributed by atoms with Gasteiger partial charge in [0.15, 0.2) is 5.82 Å². The minimum absolute atomic E-state index is 0.0249. The topological polar surface area (TPSA) is 124 Å². The second-order valence-electron chi connectivity index (χ2n) is 5.92. The van der Waals surface area contributed by atoms with Gasteiger partial charge in [0.1, 0.15) is 12.0 Å². The molecule has 28 heavy (non-hydrogen) atoms. The molecular weight excluding hydrogens is 367 g/mol.